The van der Waals surface area contributed by atoms with Crippen LogP contribution < -0.4 is 10.1 Å². The van der Waals surface area contributed by atoms with Crippen LogP contribution in [-0.2, 0) is 5.75 Å². The van der Waals surface area contributed by atoms with Gasteiger partial charge in [0.05, 0.1) is 7.11 Å². The number of halogens is 1. The molecule has 0 bridgehead atoms. The van der Waals surface area contributed by atoms with Gasteiger partial charge in [0.2, 0.25) is 5.13 Å². The number of methoxy groups -OCH3 is 1. The number of thioether (sulfide) groups is 1. The summed E-state index contributed by atoms with van der Waals surface area (Å²) in [5, 5.41) is 12.4. The first-order valence-electron chi connectivity index (χ1n) is 6.85. The molecule has 23 heavy (non-hydrogen) atoms. The van der Waals surface area contributed by atoms with Gasteiger partial charge in [-0.25, -0.2) is 0 Å². The van der Waals surface area contributed by atoms with Crippen LogP contribution in [0.5, 0.6) is 5.75 Å². The van der Waals surface area contributed by atoms with Crippen molar-refractivity contribution in [3.05, 3.63) is 58.6 Å². The maximum atomic E-state index is 5.15. The average molecular weight is 408 g/mol. The molecule has 0 unspecified atom stereocenters. The number of rotatable bonds is 6. The molecule has 0 aliphatic heterocycles. The summed E-state index contributed by atoms with van der Waals surface area (Å²) in [5.41, 5.74) is 2.22. The van der Waals surface area contributed by atoms with Crippen LogP contribution in [0, 0.1) is 0 Å². The fourth-order valence-corrected chi connectivity index (χ4v) is 4.05. The molecule has 1 N–H and O–H groups in total. The van der Waals surface area contributed by atoms with Crippen molar-refractivity contribution in [2.24, 2.45) is 0 Å². The summed E-state index contributed by atoms with van der Waals surface area (Å²) in [7, 11) is 1.65. The van der Waals surface area contributed by atoms with Gasteiger partial charge in [-0.05, 0) is 42.0 Å². The second-order valence-electron chi connectivity index (χ2n) is 4.65. The van der Waals surface area contributed by atoms with E-state index in [4.69, 9.17) is 4.74 Å². The van der Waals surface area contributed by atoms with Crippen molar-refractivity contribution in [1.29, 1.82) is 0 Å². The summed E-state index contributed by atoms with van der Waals surface area (Å²) in [6.07, 6.45) is 0. The molecular formula is C16H14BrN3OS2. The van der Waals surface area contributed by atoms with E-state index in [2.05, 4.69) is 43.6 Å². The van der Waals surface area contributed by atoms with E-state index in [9.17, 15) is 0 Å². The first-order valence-corrected chi connectivity index (χ1v) is 9.44. The van der Waals surface area contributed by atoms with E-state index in [1.807, 2.05) is 36.4 Å². The molecule has 7 heteroatoms. The second kappa shape index (κ2) is 7.81. The Morgan fingerprint density at radius 3 is 2.74 bits per heavy atom. The number of benzene rings is 2. The maximum absolute atomic E-state index is 5.15. The highest BCUT2D eigenvalue weighted by atomic mass is 79.9. The van der Waals surface area contributed by atoms with Crippen LogP contribution in [0.15, 0.2) is 57.3 Å². The Morgan fingerprint density at radius 2 is 2.00 bits per heavy atom. The van der Waals surface area contributed by atoms with Crippen LogP contribution in [0.3, 0.4) is 0 Å². The Kier molecular flexibility index (Phi) is 5.53. The Bertz CT molecular complexity index is 777. The summed E-state index contributed by atoms with van der Waals surface area (Å²) >= 11 is 6.72. The van der Waals surface area contributed by atoms with E-state index in [0.29, 0.717) is 0 Å². The Morgan fingerprint density at radius 1 is 1.17 bits per heavy atom. The van der Waals surface area contributed by atoms with E-state index in [-0.39, 0.29) is 0 Å². The molecule has 3 rings (SSSR count). The number of anilines is 2. The molecule has 1 heterocycles. The minimum Gasteiger partial charge on any atom is -0.497 e. The molecule has 0 amide bonds. The minimum atomic E-state index is 0.784. The van der Waals surface area contributed by atoms with Crippen molar-refractivity contribution in [2.75, 3.05) is 12.4 Å². The van der Waals surface area contributed by atoms with Crippen LogP contribution in [0.25, 0.3) is 0 Å². The van der Waals surface area contributed by atoms with Gasteiger partial charge in [-0.2, -0.15) is 0 Å². The van der Waals surface area contributed by atoms with E-state index in [0.717, 1.165) is 31.1 Å². The van der Waals surface area contributed by atoms with Crippen molar-refractivity contribution in [1.82, 2.24) is 10.2 Å². The highest BCUT2D eigenvalue weighted by Crippen LogP contribution is 2.30. The predicted octanol–water partition coefficient (Wildman–Crippen LogP) is 5.35. The van der Waals surface area contributed by atoms with Gasteiger partial charge in [-0.15, -0.1) is 10.2 Å². The number of hydrogen-bond donors (Lipinski definition) is 1. The smallest absolute Gasteiger partial charge is 0.210 e. The third-order valence-electron chi connectivity index (χ3n) is 3.00. The fourth-order valence-electron chi connectivity index (χ4n) is 1.89. The molecule has 1 aromatic heterocycles. The number of aromatic nitrogens is 2. The van der Waals surface area contributed by atoms with Crippen LogP contribution in [-0.4, -0.2) is 17.3 Å². The van der Waals surface area contributed by atoms with Crippen molar-refractivity contribution in [3.8, 4) is 5.75 Å². The second-order valence-corrected chi connectivity index (χ2v) is 7.76. The van der Waals surface area contributed by atoms with Crippen LogP contribution >= 0.6 is 39.0 Å². The zero-order chi connectivity index (χ0) is 16.1. The molecule has 0 atom stereocenters. The van der Waals surface area contributed by atoms with E-state index in [1.165, 1.54) is 5.56 Å². The van der Waals surface area contributed by atoms with Crippen LogP contribution in [0.4, 0.5) is 10.8 Å². The van der Waals surface area contributed by atoms with Gasteiger partial charge in [-0.3, -0.25) is 0 Å². The third-order valence-corrected chi connectivity index (χ3v) is 5.54. The summed E-state index contributed by atoms with van der Waals surface area (Å²) in [6, 6.07) is 16.0. The highest BCUT2D eigenvalue weighted by Gasteiger charge is 2.06. The zero-order valence-corrected chi connectivity index (χ0v) is 15.5. The van der Waals surface area contributed by atoms with E-state index in [1.54, 1.807) is 30.2 Å². The molecule has 4 nitrogen and oxygen atoms in total. The van der Waals surface area contributed by atoms with Gasteiger partial charge < -0.3 is 10.1 Å². The number of hydrogen-bond acceptors (Lipinski definition) is 6. The highest BCUT2D eigenvalue weighted by molar-refractivity contribution is 9.10. The summed E-state index contributed by atoms with van der Waals surface area (Å²) in [4.78, 5) is 0. The molecule has 0 saturated heterocycles. The number of ether oxygens (including phenoxy) is 1. The quantitative estimate of drug-likeness (QED) is 0.558. The van der Waals surface area contributed by atoms with Crippen molar-refractivity contribution in [3.63, 3.8) is 0 Å². The first-order chi connectivity index (χ1) is 11.2. The van der Waals surface area contributed by atoms with Gasteiger partial charge in [0.15, 0.2) is 4.34 Å². The van der Waals surface area contributed by atoms with Gasteiger partial charge in [0, 0.05) is 15.9 Å². The molecule has 0 fully saturated rings. The third kappa shape index (κ3) is 4.70. The lowest BCUT2D eigenvalue weighted by atomic mass is 10.2. The molecule has 0 radical (unpaired) electrons. The molecule has 0 aliphatic rings. The SMILES string of the molecule is COc1ccc(Nc2nnc(SCc3cccc(Br)c3)s2)cc1. The lowest BCUT2D eigenvalue weighted by Crippen LogP contribution is -1.89. The molecule has 0 spiro atoms. The van der Waals surface area contributed by atoms with E-state index < -0.39 is 0 Å². The van der Waals surface area contributed by atoms with Crippen molar-refractivity contribution >= 4 is 49.8 Å². The molecular weight excluding hydrogens is 394 g/mol. The summed E-state index contributed by atoms with van der Waals surface area (Å²) < 4.78 is 7.18. The van der Waals surface area contributed by atoms with Gasteiger partial charge >= 0.3 is 0 Å². The first kappa shape index (κ1) is 16.3. The van der Waals surface area contributed by atoms with Gasteiger partial charge in [0.25, 0.3) is 0 Å². The average Bonchev–Trinajstić information content (AvgIpc) is 3.01. The zero-order valence-electron chi connectivity index (χ0n) is 12.3. The fraction of sp³-hybridized carbons (Fsp3) is 0.125. The summed E-state index contributed by atoms with van der Waals surface area (Å²) in [6.45, 7) is 0. The van der Waals surface area contributed by atoms with Crippen LogP contribution in [0.2, 0.25) is 0 Å². The van der Waals surface area contributed by atoms with Crippen molar-refractivity contribution in [2.45, 2.75) is 10.1 Å². The molecule has 118 valence electrons. The van der Waals surface area contributed by atoms with Crippen molar-refractivity contribution < 1.29 is 4.74 Å². The topological polar surface area (TPSA) is 47.0 Å². The van der Waals surface area contributed by atoms with E-state index >= 15 is 0 Å². The number of nitrogens with zero attached hydrogens (tertiary/aromatic N) is 2. The lowest BCUT2D eigenvalue weighted by molar-refractivity contribution is 0.415. The van der Waals surface area contributed by atoms with Gasteiger partial charge in [0.1, 0.15) is 5.75 Å². The van der Waals surface area contributed by atoms with Gasteiger partial charge in [-0.1, -0.05) is 51.2 Å². The lowest BCUT2D eigenvalue weighted by Gasteiger charge is -2.03. The molecule has 2 aromatic carbocycles. The summed E-state index contributed by atoms with van der Waals surface area (Å²) in [5.74, 6) is 1.70. The maximum Gasteiger partial charge on any atom is 0.210 e. The monoisotopic (exact) mass is 407 g/mol. The molecule has 0 aliphatic carbocycles. The Labute approximate surface area is 151 Å². The standard InChI is InChI=1S/C16H14BrN3OS2/c1-21-14-7-5-13(6-8-14)18-15-19-20-16(23-15)22-10-11-3-2-4-12(17)9-11/h2-9H,10H2,1H3,(H,18,19). The predicted molar refractivity (Wildman–Crippen MR) is 99.9 cm³/mol. The minimum absolute atomic E-state index is 0.784. The Balaban J connectivity index is 1.59. The molecule has 0 saturated carbocycles. The van der Waals surface area contributed by atoms with Crippen LogP contribution in [0.1, 0.15) is 5.56 Å². The Hall–Kier alpha value is -1.57. The largest absolute Gasteiger partial charge is 0.497 e. The molecule has 3 aromatic rings. The number of nitrogens with one attached hydrogen (secondary N) is 1. The normalized spacial score (nSPS) is 10.5.